The number of carbonyl (C=O) groups excluding carboxylic acids is 1. The summed E-state index contributed by atoms with van der Waals surface area (Å²) in [4.78, 5) is 30.6. The third kappa shape index (κ3) is 3.09. The lowest BCUT2D eigenvalue weighted by Crippen LogP contribution is -2.48. The number of aliphatic carboxylic acids is 1. The van der Waals surface area contributed by atoms with Crippen LogP contribution in [-0.2, 0) is 9.53 Å². The Morgan fingerprint density at radius 2 is 2.08 bits per heavy atom. The first-order chi connectivity index (χ1) is 12.0. The molecular formula is C19H20N2O4. The van der Waals surface area contributed by atoms with Crippen molar-refractivity contribution in [2.75, 3.05) is 19.7 Å². The number of fused-ring (bicyclic) bond motifs is 1. The highest BCUT2D eigenvalue weighted by molar-refractivity contribution is 6.06. The lowest BCUT2D eigenvalue weighted by molar-refractivity contribution is -0.154. The Balaban J connectivity index is 1.75. The molecule has 2 aromatic rings. The fourth-order valence-corrected chi connectivity index (χ4v) is 3.28. The average molecular weight is 340 g/mol. The van der Waals surface area contributed by atoms with E-state index in [2.05, 4.69) is 0 Å². The molecule has 1 atom stereocenters. The molecule has 130 valence electrons. The molecule has 1 aromatic carbocycles. The maximum Gasteiger partial charge on any atom is 0.334 e. The Morgan fingerprint density at radius 1 is 1.28 bits per heavy atom. The van der Waals surface area contributed by atoms with Crippen molar-refractivity contribution in [3.05, 3.63) is 41.1 Å². The minimum atomic E-state index is -1.04. The van der Waals surface area contributed by atoms with Crippen molar-refractivity contribution >= 4 is 22.8 Å². The van der Waals surface area contributed by atoms with Gasteiger partial charge in [0, 0.05) is 23.5 Å². The highest BCUT2D eigenvalue weighted by Crippen LogP contribution is 2.40. The van der Waals surface area contributed by atoms with Gasteiger partial charge in [-0.1, -0.05) is 11.6 Å². The molecule has 1 aromatic heterocycles. The van der Waals surface area contributed by atoms with E-state index in [1.807, 2.05) is 31.2 Å². The molecule has 1 unspecified atom stereocenters. The maximum absolute atomic E-state index is 13.1. The minimum absolute atomic E-state index is 0.0720. The smallest absolute Gasteiger partial charge is 0.334 e. The molecule has 1 amide bonds. The molecule has 1 aliphatic carbocycles. The first-order valence-corrected chi connectivity index (χ1v) is 8.58. The fourth-order valence-electron chi connectivity index (χ4n) is 3.28. The highest BCUT2D eigenvalue weighted by atomic mass is 16.5. The topological polar surface area (TPSA) is 79.7 Å². The van der Waals surface area contributed by atoms with Crippen LogP contribution >= 0.6 is 0 Å². The molecule has 0 radical (unpaired) electrons. The van der Waals surface area contributed by atoms with E-state index >= 15 is 0 Å². The van der Waals surface area contributed by atoms with Gasteiger partial charge in [0.05, 0.1) is 24.2 Å². The summed E-state index contributed by atoms with van der Waals surface area (Å²) in [6.07, 6.45) is 1.25. The monoisotopic (exact) mass is 340 g/mol. The quantitative estimate of drug-likeness (QED) is 0.928. The van der Waals surface area contributed by atoms with E-state index in [4.69, 9.17) is 14.8 Å². The van der Waals surface area contributed by atoms with Crippen molar-refractivity contribution in [3.8, 4) is 0 Å². The number of carboxylic acids is 1. The number of rotatable bonds is 3. The van der Waals surface area contributed by atoms with Crippen molar-refractivity contribution < 1.29 is 19.4 Å². The molecule has 4 rings (SSSR count). The molecule has 1 saturated carbocycles. The zero-order valence-corrected chi connectivity index (χ0v) is 14.1. The second-order valence-corrected chi connectivity index (χ2v) is 6.84. The average Bonchev–Trinajstić information content (AvgIpc) is 3.45. The van der Waals surface area contributed by atoms with Crippen LogP contribution in [0, 0.1) is 6.92 Å². The number of amides is 1. The second kappa shape index (κ2) is 6.11. The number of aryl methyl sites for hydroxylation is 1. The second-order valence-electron chi connectivity index (χ2n) is 6.84. The van der Waals surface area contributed by atoms with Gasteiger partial charge in [-0.05, 0) is 38.0 Å². The van der Waals surface area contributed by atoms with E-state index in [9.17, 15) is 9.59 Å². The summed E-state index contributed by atoms with van der Waals surface area (Å²) in [5, 5.41) is 10.00. The molecule has 1 saturated heterocycles. The molecule has 6 nitrogen and oxygen atoms in total. The van der Waals surface area contributed by atoms with Crippen molar-refractivity contribution in [2.24, 2.45) is 0 Å². The van der Waals surface area contributed by atoms with Gasteiger partial charge in [0.1, 0.15) is 0 Å². The highest BCUT2D eigenvalue weighted by Gasteiger charge is 2.32. The number of carbonyl (C=O) groups is 2. The molecule has 2 heterocycles. The molecule has 1 N–H and O–H groups in total. The first kappa shape index (κ1) is 16.0. The van der Waals surface area contributed by atoms with E-state index < -0.39 is 12.1 Å². The minimum Gasteiger partial charge on any atom is -0.479 e. The molecule has 6 heteroatoms. The van der Waals surface area contributed by atoms with Gasteiger partial charge in [-0.15, -0.1) is 0 Å². The van der Waals surface area contributed by atoms with Crippen molar-refractivity contribution in [1.29, 1.82) is 0 Å². The van der Waals surface area contributed by atoms with Gasteiger partial charge in [0.2, 0.25) is 0 Å². The Labute approximate surface area is 145 Å². The molecule has 1 aliphatic heterocycles. The number of nitrogens with zero attached hydrogens (tertiary/aromatic N) is 2. The summed E-state index contributed by atoms with van der Waals surface area (Å²) in [5.41, 5.74) is 3.46. The van der Waals surface area contributed by atoms with Crippen LogP contribution in [0.2, 0.25) is 0 Å². The van der Waals surface area contributed by atoms with Crippen LogP contribution in [-0.4, -0.2) is 52.7 Å². The van der Waals surface area contributed by atoms with E-state index in [0.717, 1.165) is 35.0 Å². The number of hydrogen-bond acceptors (Lipinski definition) is 4. The van der Waals surface area contributed by atoms with Crippen LogP contribution in [0.1, 0.15) is 40.4 Å². The summed E-state index contributed by atoms with van der Waals surface area (Å²) in [5.74, 6) is -0.741. The third-order valence-electron chi connectivity index (χ3n) is 4.84. The van der Waals surface area contributed by atoms with Crippen molar-refractivity contribution in [1.82, 2.24) is 9.88 Å². The SMILES string of the molecule is Cc1ccc2nc(C3CC3)cc(C(=O)N3CCOC(C(=O)O)C3)c2c1. The Bertz CT molecular complexity index is 860. The summed E-state index contributed by atoms with van der Waals surface area (Å²) in [7, 11) is 0. The number of morpholine rings is 1. The number of aromatic nitrogens is 1. The van der Waals surface area contributed by atoms with Crippen molar-refractivity contribution in [2.45, 2.75) is 31.8 Å². The van der Waals surface area contributed by atoms with Crippen LogP contribution in [0.15, 0.2) is 24.3 Å². The van der Waals surface area contributed by atoms with Crippen LogP contribution in [0.3, 0.4) is 0 Å². The van der Waals surface area contributed by atoms with Gasteiger partial charge in [0.25, 0.3) is 5.91 Å². The van der Waals surface area contributed by atoms with Gasteiger partial charge >= 0.3 is 5.97 Å². The largest absolute Gasteiger partial charge is 0.479 e. The Hall–Kier alpha value is -2.47. The molecule has 0 spiro atoms. The Morgan fingerprint density at radius 3 is 2.80 bits per heavy atom. The summed E-state index contributed by atoms with van der Waals surface area (Å²) < 4.78 is 5.23. The maximum atomic E-state index is 13.1. The third-order valence-corrected chi connectivity index (χ3v) is 4.84. The van der Waals surface area contributed by atoms with E-state index in [-0.39, 0.29) is 19.1 Å². The van der Waals surface area contributed by atoms with Crippen molar-refractivity contribution in [3.63, 3.8) is 0 Å². The Kier molecular flexibility index (Phi) is 3.92. The lowest BCUT2D eigenvalue weighted by Gasteiger charge is -2.31. The number of ether oxygens (including phenoxy) is 1. The molecule has 2 aliphatic rings. The van der Waals surface area contributed by atoms with E-state index in [1.54, 1.807) is 4.90 Å². The van der Waals surface area contributed by atoms with Gasteiger partial charge in [0.15, 0.2) is 6.10 Å². The fraction of sp³-hybridized carbons (Fsp3) is 0.421. The van der Waals surface area contributed by atoms with Crippen LogP contribution < -0.4 is 0 Å². The predicted molar refractivity (Wildman–Crippen MR) is 91.7 cm³/mol. The standard InChI is InChI=1S/C19H20N2O4/c1-11-2-5-15-13(8-11)14(9-16(20-15)12-3-4-12)18(22)21-6-7-25-17(10-21)19(23)24/h2,5,8-9,12,17H,3-4,6-7,10H2,1H3,(H,23,24). The van der Waals surface area contributed by atoms with Gasteiger partial charge < -0.3 is 14.7 Å². The van der Waals surface area contributed by atoms with Crippen LogP contribution in [0.4, 0.5) is 0 Å². The lowest BCUT2D eigenvalue weighted by atomic mass is 10.0. The zero-order valence-electron chi connectivity index (χ0n) is 14.1. The molecular weight excluding hydrogens is 320 g/mol. The summed E-state index contributed by atoms with van der Waals surface area (Å²) in [6, 6.07) is 7.82. The van der Waals surface area contributed by atoms with Crippen LogP contribution in [0.25, 0.3) is 10.9 Å². The summed E-state index contributed by atoms with van der Waals surface area (Å²) in [6.45, 7) is 2.69. The normalized spacial score (nSPS) is 20.7. The number of benzene rings is 1. The number of hydrogen-bond donors (Lipinski definition) is 1. The number of carboxylic acid groups (broad SMARTS) is 1. The first-order valence-electron chi connectivity index (χ1n) is 8.58. The number of pyridine rings is 1. The van der Waals surface area contributed by atoms with Crippen LogP contribution in [0.5, 0.6) is 0 Å². The van der Waals surface area contributed by atoms with E-state index in [0.29, 0.717) is 18.0 Å². The summed E-state index contributed by atoms with van der Waals surface area (Å²) >= 11 is 0. The van der Waals surface area contributed by atoms with Gasteiger partial charge in [-0.2, -0.15) is 0 Å². The molecule has 2 fully saturated rings. The van der Waals surface area contributed by atoms with Gasteiger partial charge in [-0.3, -0.25) is 9.78 Å². The van der Waals surface area contributed by atoms with Gasteiger partial charge in [-0.25, -0.2) is 4.79 Å². The zero-order chi connectivity index (χ0) is 17.6. The molecule has 25 heavy (non-hydrogen) atoms. The van der Waals surface area contributed by atoms with E-state index in [1.165, 1.54) is 0 Å². The predicted octanol–water partition coefficient (Wildman–Crippen LogP) is 2.35. The molecule has 0 bridgehead atoms.